The Morgan fingerprint density at radius 1 is 1.04 bits per heavy atom. The summed E-state index contributed by atoms with van der Waals surface area (Å²) >= 11 is 0. The van der Waals surface area contributed by atoms with E-state index in [1.807, 2.05) is 0 Å². The Kier molecular flexibility index (Phi) is 10.2. The largest absolute Gasteiger partial charge is 0.507 e. The monoisotopic (exact) mass is 342 g/mol. The van der Waals surface area contributed by atoms with E-state index >= 15 is 0 Å². The first-order valence-electron chi connectivity index (χ1n) is 9.03. The minimum absolute atomic E-state index is 0.211. The van der Waals surface area contributed by atoms with E-state index < -0.39 is 36.0 Å². The van der Waals surface area contributed by atoms with Crippen LogP contribution in [0.15, 0.2) is 11.3 Å². The molecule has 0 saturated carbocycles. The number of ether oxygens (including phenoxy) is 2. The molecule has 1 atom stereocenters. The van der Waals surface area contributed by atoms with Crippen LogP contribution in [0.1, 0.15) is 71.1 Å². The summed E-state index contributed by atoms with van der Waals surface area (Å²) in [5, 5.41) is 18.5. The molecule has 138 valence electrons. The standard InChI is InChI=1S/C18H30O6/c1-2-3-4-5-6-7-8-9-10-11-12-23-17(21)15-16(20)14(13-19)24-18(15)22/h14,19-20H,2-13H2,1H3/t14-/m1/s1. The molecule has 0 amide bonds. The third kappa shape index (κ3) is 6.91. The number of hydrogen-bond acceptors (Lipinski definition) is 6. The van der Waals surface area contributed by atoms with Gasteiger partial charge in [0.05, 0.1) is 13.2 Å². The van der Waals surface area contributed by atoms with Crippen molar-refractivity contribution in [3.05, 3.63) is 11.3 Å². The van der Waals surface area contributed by atoms with E-state index in [4.69, 9.17) is 9.84 Å². The van der Waals surface area contributed by atoms with Gasteiger partial charge in [0.25, 0.3) is 0 Å². The number of carbonyl (C=O) groups is 2. The van der Waals surface area contributed by atoms with Gasteiger partial charge in [-0.25, -0.2) is 9.59 Å². The fraction of sp³-hybridized carbons (Fsp3) is 0.778. The SMILES string of the molecule is CCCCCCCCCCCCOC(=O)C1=C(O)[C@@H](CO)OC1=O. The Hall–Kier alpha value is -1.56. The molecule has 1 rings (SSSR count). The number of carbonyl (C=O) groups excluding carboxylic acids is 2. The van der Waals surface area contributed by atoms with Crippen molar-refractivity contribution in [3.8, 4) is 0 Å². The van der Waals surface area contributed by atoms with Crippen LogP contribution >= 0.6 is 0 Å². The van der Waals surface area contributed by atoms with Crippen LogP contribution in [0.4, 0.5) is 0 Å². The summed E-state index contributed by atoms with van der Waals surface area (Å²) in [6, 6.07) is 0. The predicted octanol–water partition coefficient (Wildman–Crippen LogP) is 3.18. The molecule has 0 aromatic carbocycles. The maximum atomic E-state index is 11.8. The summed E-state index contributed by atoms with van der Waals surface area (Å²) < 4.78 is 9.64. The van der Waals surface area contributed by atoms with Crippen molar-refractivity contribution in [2.24, 2.45) is 0 Å². The average Bonchev–Trinajstić information content (AvgIpc) is 2.86. The molecular formula is C18H30O6. The zero-order valence-electron chi connectivity index (χ0n) is 14.6. The average molecular weight is 342 g/mol. The van der Waals surface area contributed by atoms with Crippen molar-refractivity contribution >= 4 is 11.9 Å². The molecule has 1 aliphatic rings. The van der Waals surface area contributed by atoms with Crippen LogP contribution in [0.5, 0.6) is 0 Å². The van der Waals surface area contributed by atoms with Crippen molar-refractivity contribution in [1.82, 2.24) is 0 Å². The van der Waals surface area contributed by atoms with Gasteiger partial charge in [0.2, 0.25) is 0 Å². The van der Waals surface area contributed by atoms with E-state index in [0.29, 0.717) is 0 Å². The van der Waals surface area contributed by atoms with Gasteiger partial charge >= 0.3 is 11.9 Å². The van der Waals surface area contributed by atoms with Crippen LogP contribution in [0, 0.1) is 0 Å². The molecule has 0 aliphatic carbocycles. The number of aliphatic hydroxyl groups is 2. The second kappa shape index (κ2) is 11.9. The predicted molar refractivity (Wildman–Crippen MR) is 89.4 cm³/mol. The lowest BCUT2D eigenvalue weighted by Gasteiger charge is -2.05. The molecule has 1 aliphatic heterocycles. The smallest absolute Gasteiger partial charge is 0.350 e. The first-order valence-corrected chi connectivity index (χ1v) is 9.03. The van der Waals surface area contributed by atoms with Crippen LogP contribution in [0.2, 0.25) is 0 Å². The van der Waals surface area contributed by atoms with Gasteiger partial charge in [-0.3, -0.25) is 0 Å². The highest BCUT2D eigenvalue weighted by Gasteiger charge is 2.39. The highest BCUT2D eigenvalue weighted by molar-refractivity contribution is 6.16. The van der Waals surface area contributed by atoms with Crippen LogP contribution in [0.25, 0.3) is 0 Å². The van der Waals surface area contributed by atoms with Crippen LogP contribution < -0.4 is 0 Å². The Labute approximate surface area is 143 Å². The number of esters is 2. The molecule has 0 unspecified atom stereocenters. The van der Waals surface area contributed by atoms with Crippen molar-refractivity contribution in [1.29, 1.82) is 0 Å². The van der Waals surface area contributed by atoms with Gasteiger partial charge in [0.15, 0.2) is 17.4 Å². The molecule has 0 aromatic heterocycles. The number of unbranched alkanes of at least 4 members (excludes halogenated alkanes) is 9. The molecule has 0 spiro atoms. The van der Waals surface area contributed by atoms with Gasteiger partial charge in [-0.15, -0.1) is 0 Å². The van der Waals surface area contributed by atoms with Crippen molar-refractivity contribution in [3.63, 3.8) is 0 Å². The van der Waals surface area contributed by atoms with Crippen LogP contribution in [-0.4, -0.2) is 41.5 Å². The second-order valence-corrected chi connectivity index (χ2v) is 6.15. The second-order valence-electron chi connectivity index (χ2n) is 6.15. The lowest BCUT2D eigenvalue weighted by atomic mass is 10.1. The van der Waals surface area contributed by atoms with Crippen LogP contribution in [-0.2, 0) is 19.1 Å². The number of hydrogen-bond donors (Lipinski definition) is 2. The molecule has 0 bridgehead atoms. The van der Waals surface area contributed by atoms with Crippen molar-refractivity contribution in [2.75, 3.05) is 13.2 Å². The molecule has 0 fully saturated rings. The van der Waals surface area contributed by atoms with E-state index in [-0.39, 0.29) is 6.61 Å². The van der Waals surface area contributed by atoms with E-state index in [9.17, 15) is 14.7 Å². The normalized spacial score (nSPS) is 17.2. The lowest BCUT2D eigenvalue weighted by molar-refractivity contribution is -0.147. The summed E-state index contributed by atoms with van der Waals surface area (Å²) in [6.07, 6.45) is 10.6. The minimum atomic E-state index is -1.16. The van der Waals surface area contributed by atoms with E-state index in [0.717, 1.165) is 19.3 Å². The fourth-order valence-corrected chi connectivity index (χ4v) is 2.65. The number of cyclic esters (lactones) is 1. The summed E-state index contributed by atoms with van der Waals surface area (Å²) in [5.74, 6) is -2.38. The van der Waals surface area contributed by atoms with Gasteiger partial charge < -0.3 is 19.7 Å². The van der Waals surface area contributed by atoms with Crippen molar-refractivity contribution in [2.45, 2.75) is 77.2 Å². The third-order valence-corrected chi connectivity index (χ3v) is 4.12. The molecular weight excluding hydrogens is 312 g/mol. The molecule has 6 nitrogen and oxygen atoms in total. The molecule has 0 aromatic rings. The fourth-order valence-electron chi connectivity index (χ4n) is 2.65. The summed E-state index contributed by atoms with van der Waals surface area (Å²) in [6.45, 7) is 1.86. The van der Waals surface area contributed by atoms with Gasteiger partial charge in [-0.05, 0) is 6.42 Å². The topological polar surface area (TPSA) is 93.1 Å². The highest BCUT2D eigenvalue weighted by atomic mass is 16.6. The zero-order chi connectivity index (χ0) is 17.8. The highest BCUT2D eigenvalue weighted by Crippen LogP contribution is 2.21. The number of aliphatic hydroxyl groups excluding tert-OH is 2. The van der Waals surface area contributed by atoms with E-state index in [1.54, 1.807) is 0 Å². The Balaban J connectivity index is 2.06. The summed E-state index contributed by atoms with van der Waals surface area (Å²) in [5.41, 5.74) is -0.499. The first kappa shape index (κ1) is 20.5. The molecule has 24 heavy (non-hydrogen) atoms. The quantitative estimate of drug-likeness (QED) is 0.303. The lowest BCUT2D eigenvalue weighted by Crippen LogP contribution is -2.16. The van der Waals surface area contributed by atoms with Crippen LogP contribution in [0.3, 0.4) is 0 Å². The molecule has 2 N–H and O–H groups in total. The molecule has 6 heteroatoms. The van der Waals surface area contributed by atoms with Gasteiger partial charge in [0.1, 0.15) is 0 Å². The maximum Gasteiger partial charge on any atom is 0.350 e. The molecule has 1 heterocycles. The third-order valence-electron chi connectivity index (χ3n) is 4.12. The maximum absolute atomic E-state index is 11.8. The van der Waals surface area contributed by atoms with Gasteiger partial charge in [0, 0.05) is 0 Å². The Morgan fingerprint density at radius 3 is 2.08 bits per heavy atom. The van der Waals surface area contributed by atoms with Gasteiger partial charge in [-0.2, -0.15) is 0 Å². The Bertz CT molecular complexity index is 429. The number of rotatable bonds is 13. The molecule has 0 radical (unpaired) electrons. The molecule has 0 saturated heterocycles. The zero-order valence-corrected chi connectivity index (χ0v) is 14.6. The Morgan fingerprint density at radius 2 is 1.58 bits per heavy atom. The van der Waals surface area contributed by atoms with Gasteiger partial charge in [-0.1, -0.05) is 64.7 Å². The van der Waals surface area contributed by atoms with E-state index in [1.165, 1.54) is 44.9 Å². The first-order chi connectivity index (χ1) is 11.6. The summed E-state index contributed by atoms with van der Waals surface area (Å²) in [4.78, 5) is 23.2. The summed E-state index contributed by atoms with van der Waals surface area (Å²) in [7, 11) is 0. The van der Waals surface area contributed by atoms with Crippen molar-refractivity contribution < 1.29 is 29.3 Å². The van der Waals surface area contributed by atoms with E-state index in [2.05, 4.69) is 11.7 Å². The minimum Gasteiger partial charge on any atom is -0.507 e.